The number of hydrogen-bond donors (Lipinski definition) is 0. The first-order valence-electron chi connectivity index (χ1n) is 5.63. The van der Waals surface area contributed by atoms with Crippen LogP contribution in [0.4, 0.5) is 4.79 Å². The summed E-state index contributed by atoms with van der Waals surface area (Å²) in [7, 11) is 0. The highest BCUT2D eigenvalue weighted by molar-refractivity contribution is 6.32. The number of hydrogen-bond acceptors (Lipinski definition) is 4. The number of nitriles is 1. The first kappa shape index (κ1) is 12.5. The molecule has 1 aromatic carbocycles. The summed E-state index contributed by atoms with van der Waals surface area (Å²) < 4.78 is 5.18. The van der Waals surface area contributed by atoms with Crippen molar-refractivity contribution in [2.45, 2.75) is 12.8 Å². The van der Waals surface area contributed by atoms with Gasteiger partial charge in [-0.2, -0.15) is 5.26 Å². The topological polar surface area (TPSA) is 56.6 Å². The van der Waals surface area contributed by atoms with Crippen LogP contribution in [0.5, 0.6) is 5.75 Å². The molecule has 1 amide bonds. The molecule has 1 saturated heterocycles. The van der Waals surface area contributed by atoms with Gasteiger partial charge in [0.05, 0.1) is 11.6 Å². The van der Waals surface area contributed by atoms with Crippen molar-refractivity contribution in [3.05, 3.63) is 29.3 Å². The third-order valence-corrected chi connectivity index (χ3v) is 2.95. The Bertz CT molecular complexity index is 486. The van der Waals surface area contributed by atoms with E-state index < -0.39 is 6.09 Å². The maximum Gasteiger partial charge on any atom is 0.434 e. The zero-order valence-electron chi connectivity index (χ0n) is 9.67. The SMILES string of the molecule is N#CN1CCCCN1C(=O)Oc1ccccc1Cl. The average molecular weight is 266 g/mol. The smallest absolute Gasteiger partial charge is 0.407 e. The molecule has 0 unspecified atom stereocenters. The first-order valence-corrected chi connectivity index (χ1v) is 6.01. The quantitative estimate of drug-likeness (QED) is 0.733. The molecule has 0 aromatic heterocycles. The molecule has 1 aromatic rings. The van der Waals surface area contributed by atoms with Gasteiger partial charge < -0.3 is 4.74 Å². The summed E-state index contributed by atoms with van der Waals surface area (Å²) in [5.74, 6) is 0.299. The number of para-hydroxylation sites is 1. The van der Waals surface area contributed by atoms with Crippen molar-refractivity contribution < 1.29 is 9.53 Å². The second-order valence-electron chi connectivity index (χ2n) is 3.85. The van der Waals surface area contributed by atoms with Crippen LogP contribution in [0.25, 0.3) is 0 Å². The predicted octanol–water partition coefficient (Wildman–Crippen LogP) is 2.63. The van der Waals surface area contributed by atoms with Crippen LogP contribution in [0.1, 0.15) is 12.8 Å². The van der Waals surface area contributed by atoms with Crippen LogP contribution in [0.15, 0.2) is 24.3 Å². The summed E-state index contributed by atoms with van der Waals surface area (Å²) in [5.41, 5.74) is 0. The second kappa shape index (κ2) is 5.61. The molecule has 1 fully saturated rings. The molecule has 6 heteroatoms. The highest BCUT2D eigenvalue weighted by Gasteiger charge is 2.25. The van der Waals surface area contributed by atoms with Crippen LogP contribution in [-0.2, 0) is 0 Å². The molecule has 2 rings (SSSR count). The summed E-state index contributed by atoms with van der Waals surface area (Å²) in [6.07, 6.45) is 3.13. The lowest BCUT2D eigenvalue weighted by Gasteiger charge is -2.33. The number of nitrogens with zero attached hydrogens (tertiary/aromatic N) is 3. The van der Waals surface area contributed by atoms with E-state index in [1.54, 1.807) is 24.3 Å². The zero-order chi connectivity index (χ0) is 13.0. The van der Waals surface area contributed by atoms with Gasteiger partial charge in [-0.15, -0.1) is 0 Å². The Morgan fingerprint density at radius 1 is 1.33 bits per heavy atom. The van der Waals surface area contributed by atoms with Crippen LogP contribution >= 0.6 is 11.6 Å². The molecule has 1 aliphatic heterocycles. The van der Waals surface area contributed by atoms with E-state index in [1.807, 2.05) is 6.19 Å². The molecule has 5 nitrogen and oxygen atoms in total. The second-order valence-corrected chi connectivity index (χ2v) is 4.26. The lowest BCUT2D eigenvalue weighted by molar-refractivity contribution is 0.0178. The minimum absolute atomic E-state index is 0.299. The third kappa shape index (κ3) is 2.66. The number of benzene rings is 1. The highest BCUT2D eigenvalue weighted by atomic mass is 35.5. The minimum Gasteiger partial charge on any atom is -0.407 e. The Balaban J connectivity index is 2.08. The van der Waals surface area contributed by atoms with Crippen molar-refractivity contribution in [2.75, 3.05) is 13.1 Å². The number of carbonyl (C=O) groups excluding carboxylic acids is 1. The molecule has 0 spiro atoms. The van der Waals surface area contributed by atoms with Gasteiger partial charge in [-0.3, -0.25) is 0 Å². The molecule has 94 valence electrons. The number of carbonyl (C=O) groups is 1. The third-order valence-electron chi connectivity index (χ3n) is 2.64. The van der Waals surface area contributed by atoms with Crippen molar-refractivity contribution in [3.8, 4) is 11.9 Å². The van der Waals surface area contributed by atoms with Gasteiger partial charge >= 0.3 is 6.09 Å². The van der Waals surface area contributed by atoms with Crippen molar-refractivity contribution >= 4 is 17.7 Å². The Hall–Kier alpha value is -1.93. The normalized spacial score (nSPS) is 15.1. The summed E-state index contributed by atoms with van der Waals surface area (Å²) in [6.45, 7) is 1.02. The van der Waals surface area contributed by atoms with Crippen molar-refractivity contribution in [2.24, 2.45) is 0 Å². The van der Waals surface area contributed by atoms with Crippen molar-refractivity contribution in [3.63, 3.8) is 0 Å². The number of amides is 1. The van der Waals surface area contributed by atoms with Crippen LogP contribution in [0.3, 0.4) is 0 Å². The van der Waals surface area contributed by atoms with E-state index in [9.17, 15) is 4.79 Å². The fourth-order valence-electron chi connectivity index (χ4n) is 1.73. The lowest BCUT2D eigenvalue weighted by atomic mass is 10.2. The monoisotopic (exact) mass is 265 g/mol. The minimum atomic E-state index is -0.579. The van der Waals surface area contributed by atoms with Gasteiger partial charge in [0.2, 0.25) is 0 Å². The zero-order valence-corrected chi connectivity index (χ0v) is 10.4. The van der Waals surface area contributed by atoms with Gasteiger partial charge in [0.15, 0.2) is 11.9 Å². The van der Waals surface area contributed by atoms with Crippen molar-refractivity contribution in [1.82, 2.24) is 10.0 Å². The molecule has 1 aliphatic rings. The predicted molar refractivity (Wildman–Crippen MR) is 65.7 cm³/mol. The highest BCUT2D eigenvalue weighted by Crippen LogP contribution is 2.24. The molecule has 18 heavy (non-hydrogen) atoms. The van der Waals surface area contributed by atoms with E-state index >= 15 is 0 Å². The Kier molecular flexibility index (Phi) is 3.90. The lowest BCUT2D eigenvalue weighted by Crippen LogP contribution is -2.49. The Morgan fingerprint density at radius 2 is 2.06 bits per heavy atom. The molecular weight excluding hydrogens is 254 g/mol. The van der Waals surface area contributed by atoms with Gasteiger partial charge in [0, 0.05) is 6.54 Å². The molecule has 1 heterocycles. The average Bonchev–Trinajstić information content (AvgIpc) is 2.41. The molecule has 0 aliphatic carbocycles. The summed E-state index contributed by atoms with van der Waals surface area (Å²) in [5, 5.41) is 11.9. The number of halogens is 1. The first-order chi connectivity index (χ1) is 8.72. The fraction of sp³-hybridized carbons (Fsp3) is 0.333. The van der Waals surface area contributed by atoms with Gasteiger partial charge in [-0.25, -0.2) is 14.8 Å². The van der Waals surface area contributed by atoms with Crippen LogP contribution in [0, 0.1) is 11.5 Å². The van der Waals surface area contributed by atoms with Crippen LogP contribution in [-0.4, -0.2) is 29.2 Å². The van der Waals surface area contributed by atoms with Gasteiger partial charge in [-0.05, 0) is 25.0 Å². The molecule has 0 bridgehead atoms. The number of hydrazine groups is 1. The van der Waals surface area contributed by atoms with Gasteiger partial charge in [0.1, 0.15) is 0 Å². The van der Waals surface area contributed by atoms with Crippen LogP contribution < -0.4 is 4.74 Å². The Morgan fingerprint density at radius 3 is 2.78 bits per heavy atom. The molecule has 0 N–H and O–H groups in total. The largest absolute Gasteiger partial charge is 0.434 e. The summed E-state index contributed by atoms with van der Waals surface area (Å²) in [6, 6.07) is 6.73. The van der Waals surface area contributed by atoms with Gasteiger partial charge in [-0.1, -0.05) is 23.7 Å². The fourth-order valence-corrected chi connectivity index (χ4v) is 1.91. The maximum absolute atomic E-state index is 11.9. The van der Waals surface area contributed by atoms with Crippen molar-refractivity contribution in [1.29, 1.82) is 5.26 Å². The maximum atomic E-state index is 11.9. The number of ether oxygens (including phenoxy) is 1. The molecule has 0 radical (unpaired) electrons. The van der Waals surface area contributed by atoms with E-state index in [0.717, 1.165) is 12.8 Å². The molecule has 0 saturated carbocycles. The van der Waals surface area contributed by atoms with E-state index in [0.29, 0.717) is 23.9 Å². The summed E-state index contributed by atoms with van der Waals surface area (Å²) >= 11 is 5.90. The molecule has 0 atom stereocenters. The van der Waals surface area contributed by atoms with Gasteiger partial charge in [0.25, 0.3) is 0 Å². The van der Waals surface area contributed by atoms with E-state index in [4.69, 9.17) is 21.6 Å². The Labute approximate surface area is 110 Å². The summed E-state index contributed by atoms with van der Waals surface area (Å²) in [4.78, 5) is 11.9. The number of rotatable bonds is 1. The standard InChI is InChI=1S/C12H12ClN3O2/c13-10-5-1-2-6-11(10)18-12(17)16-8-4-3-7-15(16)9-14/h1-2,5-6H,3-4,7-8H2. The molecular formula is C12H12ClN3O2. The van der Waals surface area contributed by atoms with Crippen LogP contribution in [0.2, 0.25) is 5.02 Å². The van der Waals surface area contributed by atoms with E-state index in [1.165, 1.54) is 10.0 Å². The van der Waals surface area contributed by atoms with E-state index in [2.05, 4.69) is 0 Å². The van der Waals surface area contributed by atoms with E-state index in [-0.39, 0.29) is 0 Å².